The van der Waals surface area contributed by atoms with Crippen molar-refractivity contribution in [2.45, 2.75) is 17.9 Å². The molecule has 1 aromatic carbocycles. The van der Waals surface area contributed by atoms with E-state index in [9.17, 15) is 4.79 Å². The van der Waals surface area contributed by atoms with E-state index in [0.717, 1.165) is 0 Å². The molecule has 1 aromatic rings. The number of hydrogen-bond donors (Lipinski definition) is 2. The highest BCUT2D eigenvalue weighted by Gasteiger charge is 2.09. The molecule has 2 N–H and O–H groups in total. The quantitative estimate of drug-likeness (QED) is 0.748. The second kappa shape index (κ2) is 5.02. The summed E-state index contributed by atoms with van der Waals surface area (Å²) in [7, 11) is 0. The van der Waals surface area contributed by atoms with Gasteiger partial charge < -0.3 is 10.2 Å². The van der Waals surface area contributed by atoms with Crippen LogP contribution < -0.4 is 0 Å². The van der Waals surface area contributed by atoms with Gasteiger partial charge >= 0.3 is 5.97 Å². The van der Waals surface area contributed by atoms with E-state index in [0.29, 0.717) is 10.6 Å². The maximum absolute atomic E-state index is 10.8. The molecule has 76 valence electrons. The lowest BCUT2D eigenvalue weighted by molar-refractivity contribution is 0.0693. The number of carboxylic acid groups (broad SMARTS) is 1. The Bertz CT molecular complexity index is 323. The van der Waals surface area contributed by atoms with Gasteiger partial charge in [-0.15, -0.1) is 11.8 Å². The fourth-order valence-electron chi connectivity index (χ4n) is 0.980. The molecule has 3 nitrogen and oxygen atoms in total. The molecule has 0 heterocycles. The Hall–Kier alpha value is -1.00. The monoisotopic (exact) mass is 212 g/mol. The van der Waals surface area contributed by atoms with Crippen molar-refractivity contribution < 1.29 is 15.0 Å². The van der Waals surface area contributed by atoms with Crippen LogP contribution >= 0.6 is 11.8 Å². The van der Waals surface area contributed by atoms with E-state index in [1.54, 1.807) is 31.2 Å². The standard InChI is InChI=1S/C10H12O3S/c1-7(11)6-14-9-5-3-2-4-8(9)10(12)13/h2-5,7,11H,6H2,1H3,(H,12,13). The zero-order valence-electron chi connectivity index (χ0n) is 7.80. The largest absolute Gasteiger partial charge is 0.478 e. The van der Waals surface area contributed by atoms with Gasteiger partial charge in [0, 0.05) is 10.6 Å². The SMILES string of the molecule is CC(O)CSc1ccccc1C(=O)O. The fraction of sp³-hybridized carbons (Fsp3) is 0.300. The van der Waals surface area contributed by atoms with E-state index in [-0.39, 0.29) is 5.56 Å². The summed E-state index contributed by atoms with van der Waals surface area (Å²) in [4.78, 5) is 11.5. The lowest BCUT2D eigenvalue weighted by Gasteiger charge is -2.06. The highest BCUT2D eigenvalue weighted by molar-refractivity contribution is 7.99. The third-order valence-corrected chi connectivity index (χ3v) is 2.91. The van der Waals surface area contributed by atoms with Crippen LogP contribution in [0.4, 0.5) is 0 Å². The van der Waals surface area contributed by atoms with Crippen molar-refractivity contribution in [3.8, 4) is 0 Å². The van der Waals surface area contributed by atoms with E-state index >= 15 is 0 Å². The summed E-state index contributed by atoms with van der Waals surface area (Å²) in [6, 6.07) is 6.79. The summed E-state index contributed by atoms with van der Waals surface area (Å²) >= 11 is 1.35. The van der Waals surface area contributed by atoms with Crippen molar-refractivity contribution in [3.05, 3.63) is 29.8 Å². The molecule has 0 amide bonds. The third kappa shape index (κ3) is 3.05. The number of thioether (sulfide) groups is 1. The van der Waals surface area contributed by atoms with E-state index in [1.165, 1.54) is 11.8 Å². The van der Waals surface area contributed by atoms with Gasteiger partial charge in [0.05, 0.1) is 11.7 Å². The lowest BCUT2D eigenvalue weighted by atomic mass is 10.2. The van der Waals surface area contributed by atoms with Gasteiger partial charge in [0.2, 0.25) is 0 Å². The van der Waals surface area contributed by atoms with Crippen LogP contribution in [0.1, 0.15) is 17.3 Å². The number of carbonyl (C=O) groups is 1. The van der Waals surface area contributed by atoms with Gasteiger partial charge in [0.25, 0.3) is 0 Å². The van der Waals surface area contributed by atoms with Crippen LogP contribution in [0.15, 0.2) is 29.2 Å². The van der Waals surface area contributed by atoms with Crippen LogP contribution in [0.2, 0.25) is 0 Å². The molecule has 0 saturated heterocycles. The molecule has 0 saturated carbocycles. The van der Waals surface area contributed by atoms with Crippen molar-refractivity contribution in [2.75, 3.05) is 5.75 Å². The predicted octanol–water partition coefficient (Wildman–Crippen LogP) is 1.86. The van der Waals surface area contributed by atoms with Gasteiger partial charge in [0.15, 0.2) is 0 Å². The van der Waals surface area contributed by atoms with Crippen LogP contribution in [-0.2, 0) is 0 Å². The molecule has 0 spiro atoms. The smallest absolute Gasteiger partial charge is 0.336 e. The first-order valence-corrected chi connectivity index (χ1v) is 5.23. The first-order valence-electron chi connectivity index (χ1n) is 4.24. The second-order valence-electron chi connectivity index (χ2n) is 2.96. The van der Waals surface area contributed by atoms with Gasteiger partial charge in [-0.05, 0) is 19.1 Å². The summed E-state index contributed by atoms with van der Waals surface area (Å²) in [6.45, 7) is 1.68. The topological polar surface area (TPSA) is 57.5 Å². The molecule has 4 heteroatoms. The van der Waals surface area contributed by atoms with Crippen molar-refractivity contribution in [3.63, 3.8) is 0 Å². The second-order valence-corrected chi connectivity index (χ2v) is 4.02. The predicted molar refractivity (Wildman–Crippen MR) is 55.8 cm³/mol. The average Bonchev–Trinajstić information content (AvgIpc) is 2.15. The van der Waals surface area contributed by atoms with E-state index in [1.807, 2.05) is 0 Å². The molecular formula is C10H12O3S. The minimum absolute atomic E-state index is 0.290. The van der Waals surface area contributed by atoms with Crippen LogP contribution in [0.5, 0.6) is 0 Å². The highest BCUT2D eigenvalue weighted by atomic mass is 32.2. The number of aromatic carboxylic acids is 1. The zero-order valence-corrected chi connectivity index (χ0v) is 8.62. The Morgan fingerprint density at radius 2 is 2.14 bits per heavy atom. The molecule has 0 bridgehead atoms. The van der Waals surface area contributed by atoms with Crippen molar-refractivity contribution >= 4 is 17.7 Å². The van der Waals surface area contributed by atoms with Gasteiger partial charge in [-0.25, -0.2) is 4.79 Å². The molecule has 0 aliphatic rings. The summed E-state index contributed by atoms with van der Waals surface area (Å²) in [6.07, 6.45) is -0.429. The Morgan fingerprint density at radius 3 is 2.71 bits per heavy atom. The Kier molecular flexibility index (Phi) is 3.98. The summed E-state index contributed by atoms with van der Waals surface area (Å²) in [5, 5.41) is 17.9. The van der Waals surface area contributed by atoms with Gasteiger partial charge in [-0.2, -0.15) is 0 Å². The maximum atomic E-state index is 10.8. The molecular weight excluding hydrogens is 200 g/mol. The van der Waals surface area contributed by atoms with E-state index in [2.05, 4.69) is 0 Å². The number of benzene rings is 1. The van der Waals surface area contributed by atoms with Crippen LogP contribution in [0.3, 0.4) is 0 Å². The first kappa shape index (κ1) is 11.1. The molecule has 0 radical (unpaired) electrons. The number of hydrogen-bond acceptors (Lipinski definition) is 3. The Morgan fingerprint density at radius 1 is 1.50 bits per heavy atom. The number of rotatable bonds is 4. The normalized spacial score (nSPS) is 12.4. The molecule has 14 heavy (non-hydrogen) atoms. The molecule has 1 rings (SSSR count). The summed E-state index contributed by atoms with van der Waals surface area (Å²) in [5.41, 5.74) is 0.290. The Balaban J connectivity index is 2.79. The van der Waals surface area contributed by atoms with Crippen molar-refractivity contribution in [1.82, 2.24) is 0 Å². The Labute approximate surface area is 86.8 Å². The van der Waals surface area contributed by atoms with Crippen LogP contribution in [-0.4, -0.2) is 28.0 Å². The molecule has 0 aliphatic heterocycles. The number of carboxylic acids is 1. The third-order valence-electron chi connectivity index (χ3n) is 1.60. The summed E-state index contributed by atoms with van der Waals surface area (Å²) in [5.74, 6) is -0.428. The van der Waals surface area contributed by atoms with E-state index < -0.39 is 12.1 Å². The zero-order chi connectivity index (χ0) is 10.6. The van der Waals surface area contributed by atoms with Crippen molar-refractivity contribution in [2.24, 2.45) is 0 Å². The molecule has 0 aromatic heterocycles. The molecule has 1 unspecified atom stereocenters. The molecule has 0 fully saturated rings. The van der Waals surface area contributed by atoms with Crippen molar-refractivity contribution in [1.29, 1.82) is 0 Å². The number of aliphatic hydroxyl groups excluding tert-OH is 1. The van der Waals surface area contributed by atoms with Gasteiger partial charge in [0.1, 0.15) is 0 Å². The lowest BCUT2D eigenvalue weighted by Crippen LogP contribution is -2.04. The first-order chi connectivity index (χ1) is 6.61. The van der Waals surface area contributed by atoms with Gasteiger partial charge in [-0.3, -0.25) is 0 Å². The van der Waals surface area contributed by atoms with Crippen LogP contribution in [0, 0.1) is 0 Å². The average molecular weight is 212 g/mol. The number of aliphatic hydroxyl groups is 1. The minimum atomic E-state index is -0.932. The molecule has 1 atom stereocenters. The maximum Gasteiger partial charge on any atom is 0.336 e. The highest BCUT2D eigenvalue weighted by Crippen LogP contribution is 2.23. The minimum Gasteiger partial charge on any atom is -0.478 e. The van der Waals surface area contributed by atoms with E-state index in [4.69, 9.17) is 10.2 Å². The molecule has 0 aliphatic carbocycles. The fourth-order valence-corrected chi connectivity index (χ4v) is 1.89. The van der Waals surface area contributed by atoms with Gasteiger partial charge in [-0.1, -0.05) is 12.1 Å². The summed E-state index contributed by atoms with van der Waals surface area (Å²) < 4.78 is 0. The van der Waals surface area contributed by atoms with Crippen LogP contribution in [0.25, 0.3) is 0 Å².